The Morgan fingerprint density at radius 3 is 2.62 bits per heavy atom. The van der Waals surface area contributed by atoms with E-state index in [2.05, 4.69) is 10.3 Å². The second kappa shape index (κ2) is 8.14. The second-order valence-electron chi connectivity index (χ2n) is 4.35. The fourth-order valence-electron chi connectivity index (χ4n) is 1.63. The van der Waals surface area contributed by atoms with Crippen LogP contribution < -0.4 is 10.1 Å². The normalized spacial score (nSPS) is 13.5. The second-order valence-corrected chi connectivity index (χ2v) is 4.35. The number of pyridine rings is 1. The lowest BCUT2D eigenvalue weighted by atomic mass is 10.1. The van der Waals surface area contributed by atoms with Gasteiger partial charge in [0.15, 0.2) is 0 Å². The summed E-state index contributed by atoms with van der Waals surface area (Å²) in [6.45, 7) is 0.875. The molecule has 1 aromatic rings. The van der Waals surface area contributed by atoms with E-state index in [1.165, 1.54) is 19.5 Å². The van der Waals surface area contributed by atoms with Crippen molar-refractivity contribution in [2.24, 2.45) is 0 Å². The van der Waals surface area contributed by atoms with E-state index in [-0.39, 0.29) is 6.61 Å². The molecule has 1 atom stereocenters. The van der Waals surface area contributed by atoms with Crippen molar-refractivity contribution in [3.8, 4) is 5.75 Å². The average Bonchev–Trinajstić information content (AvgIpc) is 2.46. The molecular formula is C13H18F4N2O2. The smallest absolute Gasteiger partial charge is 0.330 e. The molecule has 1 heterocycles. The standard InChI is InChI=1S/C13H18F4N2O2/c1-3-19-11(7-21-8-13(16,17)12(14)15)9-4-10(20-2)6-18-5-9/h4-6,11-12,19H,3,7-8H2,1-2H3. The maximum Gasteiger partial charge on any atom is 0.330 e. The lowest BCUT2D eigenvalue weighted by molar-refractivity contribution is -0.167. The van der Waals surface area contributed by atoms with Crippen LogP contribution in [0.1, 0.15) is 18.5 Å². The molecule has 0 saturated carbocycles. The molecule has 0 aliphatic carbocycles. The number of ether oxygens (including phenoxy) is 2. The molecule has 1 N–H and O–H groups in total. The highest BCUT2D eigenvalue weighted by Crippen LogP contribution is 2.24. The molecule has 0 radical (unpaired) electrons. The summed E-state index contributed by atoms with van der Waals surface area (Å²) in [7, 11) is 1.47. The molecule has 0 aromatic carbocycles. The van der Waals surface area contributed by atoms with Crippen molar-refractivity contribution in [3.63, 3.8) is 0 Å². The molecule has 8 heteroatoms. The molecule has 0 spiro atoms. The molecule has 0 amide bonds. The van der Waals surface area contributed by atoms with Crippen molar-refractivity contribution in [1.29, 1.82) is 0 Å². The van der Waals surface area contributed by atoms with Gasteiger partial charge in [0, 0.05) is 6.20 Å². The van der Waals surface area contributed by atoms with Gasteiger partial charge in [0.25, 0.3) is 0 Å². The minimum absolute atomic E-state index is 0.176. The Labute approximate surface area is 120 Å². The van der Waals surface area contributed by atoms with Crippen molar-refractivity contribution < 1.29 is 27.0 Å². The van der Waals surface area contributed by atoms with Crippen LogP contribution in [-0.4, -0.2) is 44.2 Å². The van der Waals surface area contributed by atoms with Crippen molar-refractivity contribution in [2.75, 3.05) is 26.9 Å². The Morgan fingerprint density at radius 2 is 2.05 bits per heavy atom. The Balaban J connectivity index is 2.65. The quantitative estimate of drug-likeness (QED) is 0.712. The van der Waals surface area contributed by atoms with Crippen molar-refractivity contribution in [2.45, 2.75) is 25.3 Å². The highest BCUT2D eigenvalue weighted by atomic mass is 19.3. The molecule has 4 nitrogen and oxygen atoms in total. The van der Waals surface area contributed by atoms with E-state index in [0.29, 0.717) is 17.9 Å². The van der Waals surface area contributed by atoms with Gasteiger partial charge in [0.1, 0.15) is 12.4 Å². The average molecular weight is 310 g/mol. The summed E-state index contributed by atoms with van der Waals surface area (Å²) in [5, 5.41) is 3.01. The molecule has 1 unspecified atom stereocenters. The zero-order chi connectivity index (χ0) is 15.9. The van der Waals surface area contributed by atoms with Crippen LogP contribution in [0.5, 0.6) is 5.75 Å². The zero-order valence-electron chi connectivity index (χ0n) is 11.8. The van der Waals surface area contributed by atoms with Crippen molar-refractivity contribution >= 4 is 0 Å². The Kier molecular flexibility index (Phi) is 6.83. The lowest BCUT2D eigenvalue weighted by Crippen LogP contribution is -2.34. The third-order valence-corrected chi connectivity index (χ3v) is 2.72. The number of hydrogen-bond donors (Lipinski definition) is 1. The molecule has 0 bridgehead atoms. The maximum absolute atomic E-state index is 12.8. The first-order valence-electron chi connectivity index (χ1n) is 6.36. The number of nitrogens with one attached hydrogen (secondary N) is 1. The number of methoxy groups -OCH3 is 1. The number of nitrogens with zero attached hydrogens (tertiary/aromatic N) is 1. The molecule has 0 aliphatic heterocycles. The Hall–Kier alpha value is -1.41. The van der Waals surface area contributed by atoms with E-state index in [1.54, 1.807) is 6.07 Å². The van der Waals surface area contributed by atoms with E-state index in [4.69, 9.17) is 9.47 Å². The fraction of sp³-hybridized carbons (Fsp3) is 0.615. The minimum Gasteiger partial charge on any atom is -0.495 e. The first-order valence-corrected chi connectivity index (χ1v) is 6.36. The molecule has 0 aliphatic rings. The van der Waals surface area contributed by atoms with Crippen LogP contribution in [0.3, 0.4) is 0 Å². The van der Waals surface area contributed by atoms with Gasteiger partial charge in [-0.25, -0.2) is 8.78 Å². The molecule has 0 fully saturated rings. The van der Waals surface area contributed by atoms with E-state index in [1.807, 2.05) is 6.92 Å². The first kappa shape index (κ1) is 17.6. The molecule has 1 aromatic heterocycles. The van der Waals surface area contributed by atoms with Gasteiger partial charge in [-0.1, -0.05) is 6.92 Å². The zero-order valence-corrected chi connectivity index (χ0v) is 11.8. The predicted octanol–water partition coefficient (Wildman–Crippen LogP) is 2.66. The van der Waals surface area contributed by atoms with E-state index < -0.39 is 25.0 Å². The van der Waals surface area contributed by atoms with Gasteiger partial charge in [0.05, 0.1) is 26.0 Å². The largest absolute Gasteiger partial charge is 0.495 e. The van der Waals surface area contributed by atoms with E-state index in [0.717, 1.165) is 0 Å². The number of rotatable bonds is 9. The van der Waals surface area contributed by atoms with Gasteiger partial charge in [-0.3, -0.25) is 4.98 Å². The van der Waals surface area contributed by atoms with Crippen LogP contribution >= 0.6 is 0 Å². The SMILES string of the molecule is CCNC(COCC(F)(F)C(F)F)c1cncc(OC)c1. The topological polar surface area (TPSA) is 43.4 Å². The van der Waals surface area contributed by atoms with Crippen LogP contribution in [0.15, 0.2) is 18.5 Å². The van der Waals surface area contributed by atoms with E-state index >= 15 is 0 Å². The number of hydrogen-bond acceptors (Lipinski definition) is 4. The molecular weight excluding hydrogens is 292 g/mol. The van der Waals surface area contributed by atoms with Crippen LogP contribution in [0.2, 0.25) is 0 Å². The van der Waals surface area contributed by atoms with Gasteiger partial charge < -0.3 is 14.8 Å². The van der Waals surface area contributed by atoms with Gasteiger partial charge in [-0.15, -0.1) is 0 Å². The van der Waals surface area contributed by atoms with E-state index in [9.17, 15) is 17.6 Å². The summed E-state index contributed by atoms with van der Waals surface area (Å²) in [6.07, 6.45) is -0.712. The number of likely N-dealkylation sites (N-methyl/N-ethyl adjacent to an activating group) is 1. The molecule has 0 saturated heterocycles. The number of halogens is 4. The van der Waals surface area contributed by atoms with Gasteiger partial charge in [0.2, 0.25) is 0 Å². The molecule has 21 heavy (non-hydrogen) atoms. The number of alkyl halides is 4. The summed E-state index contributed by atoms with van der Waals surface area (Å²) >= 11 is 0. The van der Waals surface area contributed by atoms with Crippen LogP contribution in [0.25, 0.3) is 0 Å². The van der Waals surface area contributed by atoms with Crippen LogP contribution in [0, 0.1) is 0 Å². The van der Waals surface area contributed by atoms with Gasteiger partial charge in [-0.05, 0) is 18.2 Å². The summed E-state index contributed by atoms with van der Waals surface area (Å²) in [6, 6.07) is 1.24. The maximum atomic E-state index is 12.8. The fourth-order valence-corrected chi connectivity index (χ4v) is 1.63. The summed E-state index contributed by atoms with van der Waals surface area (Å²) < 4.78 is 59.4. The van der Waals surface area contributed by atoms with Gasteiger partial charge in [-0.2, -0.15) is 8.78 Å². The molecule has 120 valence electrons. The first-order chi connectivity index (χ1) is 9.90. The predicted molar refractivity (Wildman–Crippen MR) is 69.0 cm³/mol. The molecule has 1 rings (SSSR count). The number of aromatic nitrogens is 1. The summed E-state index contributed by atoms with van der Waals surface area (Å²) in [5.41, 5.74) is 0.663. The third-order valence-electron chi connectivity index (χ3n) is 2.72. The highest BCUT2D eigenvalue weighted by molar-refractivity contribution is 5.26. The van der Waals surface area contributed by atoms with Gasteiger partial charge >= 0.3 is 12.3 Å². The minimum atomic E-state index is -4.15. The Morgan fingerprint density at radius 1 is 1.33 bits per heavy atom. The monoisotopic (exact) mass is 310 g/mol. The van der Waals surface area contributed by atoms with Crippen molar-refractivity contribution in [3.05, 3.63) is 24.0 Å². The van der Waals surface area contributed by atoms with Crippen LogP contribution in [-0.2, 0) is 4.74 Å². The summed E-state index contributed by atoms with van der Waals surface area (Å²) in [5.74, 6) is -3.64. The van der Waals surface area contributed by atoms with Crippen LogP contribution in [0.4, 0.5) is 17.6 Å². The highest BCUT2D eigenvalue weighted by Gasteiger charge is 2.41. The Bertz CT molecular complexity index is 432. The van der Waals surface area contributed by atoms with Crippen molar-refractivity contribution in [1.82, 2.24) is 10.3 Å². The lowest BCUT2D eigenvalue weighted by Gasteiger charge is -2.21. The third kappa shape index (κ3) is 5.47. The summed E-state index contributed by atoms with van der Waals surface area (Å²) in [4.78, 5) is 3.95.